The van der Waals surface area contributed by atoms with Crippen LogP contribution in [-0.4, -0.2) is 136 Å². The quantitative estimate of drug-likeness (QED) is 0.182. The van der Waals surface area contributed by atoms with Crippen molar-refractivity contribution in [2.45, 2.75) is 63.5 Å². The van der Waals surface area contributed by atoms with Crippen molar-refractivity contribution in [2.24, 2.45) is 17.6 Å². The Bertz CT molecular complexity index is 2520. The van der Waals surface area contributed by atoms with Gasteiger partial charge < -0.3 is 30.5 Å². The molecule has 17 nitrogen and oxygen atoms in total. The summed E-state index contributed by atoms with van der Waals surface area (Å²) in [5, 5.41) is 10.7. The summed E-state index contributed by atoms with van der Waals surface area (Å²) in [5.41, 5.74) is 9.20. The average molecular weight is 897 g/mol. The van der Waals surface area contributed by atoms with E-state index < -0.39 is 35.6 Å². The molecule has 17 heteroatoms. The maximum absolute atomic E-state index is 13.8. The Morgan fingerprint density at radius 3 is 2.15 bits per heavy atom. The van der Waals surface area contributed by atoms with Crippen LogP contribution in [0.3, 0.4) is 0 Å². The van der Waals surface area contributed by atoms with Gasteiger partial charge in [-0.15, -0.1) is 0 Å². The van der Waals surface area contributed by atoms with Gasteiger partial charge in [-0.05, 0) is 118 Å². The van der Waals surface area contributed by atoms with Gasteiger partial charge in [-0.2, -0.15) is 5.10 Å². The highest BCUT2D eigenvalue weighted by atomic mass is 16.5. The first-order valence-electron chi connectivity index (χ1n) is 23.5. The summed E-state index contributed by atoms with van der Waals surface area (Å²) in [6.45, 7) is 7.87. The highest BCUT2D eigenvalue weighted by Crippen LogP contribution is 2.41. The smallest absolute Gasteiger partial charge is 0.320 e. The number of fused-ring (bicyclic) bond motifs is 2. The maximum Gasteiger partial charge on any atom is 0.320 e. The van der Waals surface area contributed by atoms with E-state index in [0.717, 1.165) is 93.1 Å². The molecule has 3 aromatic carbocycles. The number of likely N-dealkylation sites (tertiary alicyclic amines) is 1. The first-order chi connectivity index (χ1) is 32.1. The Morgan fingerprint density at radius 1 is 0.742 bits per heavy atom. The fraction of sp³-hybridized carbons (Fsp3) is 0.449. The number of para-hydroxylation sites is 1. The minimum absolute atomic E-state index is 0.0819. The molecule has 66 heavy (non-hydrogen) atoms. The third kappa shape index (κ3) is 8.47. The molecule has 4 aromatic rings. The Labute approximate surface area is 383 Å². The van der Waals surface area contributed by atoms with Crippen molar-refractivity contribution < 1.29 is 33.5 Å². The lowest BCUT2D eigenvalue weighted by atomic mass is 9.87. The van der Waals surface area contributed by atoms with Crippen LogP contribution < -0.4 is 26.0 Å². The van der Waals surface area contributed by atoms with Gasteiger partial charge in [0, 0.05) is 76.6 Å². The second-order valence-corrected chi connectivity index (χ2v) is 18.4. The largest absolute Gasteiger partial charge is 0.457 e. The molecule has 0 saturated carbocycles. The first kappa shape index (κ1) is 43.2. The van der Waals surface area contributed by atoms with Crippen LogP contribution >= 0.6 is 0 Å². The third-order valence-electron chi connectivity index (χ3n) is 14.6. The normalized spacial score (nSPS) is 21.9. The van der Waals surface area contributed by atoms with E-state index in [9.17, 15) is 28.8 Å². The first-order valence-corrected chi connectivity index (χ1v) is 23.5. The molecular formula is C49H56N10O7. The molecule has 10 rings (SSSR count). The zero-order valence-corrected chi connectivity index (χ0v) is 37.0. The molecule has 0 aliphatic carbocycles. The molecule has 0 radical (unpaired) electrons. The maximum atomic E-state index is 13.8. The van der Waals surface area contributed by atoms with Crippen LogP contribution in [0.5, 0.6) is 11.5 Å². The Hall–Kier alpha value is -6.75. The highest BCUT2D eigenvalue weighted by molar-refractivity contribution is 6.23. The van der Waals surface area contributed by atoms with Crippen LogP contribution in [0.25, 0.3) is 11.3 Å². The van der Waals surface area contributed by atoms with Crippen molar-refractivity contribution in [2.75, 3.05) is 75.7 Å². The number of hydrogen-bond acceptors (Lipinski definition) is 11. The molecule has 1 unspecified atom stereocenters. The van der Waals surface area contributed by atoms with E-state index in [1.54, 1.807) is 12.1 Å². The highest BCUT2D eigenvalue weighted by Gasteiger charge is 2.45. The average Bonchev–Trinajstić information content (AvgIpc) is 3.86. The molecule has 4 fully saturated rings. The van der Waals surface area contributed by atoms with Crippen molar-refractivity contribution >= 4 is 47.1 Å². The van der Waals surface area contributed by atoms with Crippen LogP contribution in [0, 0.1) is 11.8 Å². The van der Waals surface area contributed by atoms with Gasteiger partial charge in [0.1, 0.15) is 34.6 Å². The lowest BCUT2D eigenvalue weighted by Gasteiger charge is -2.42. The van der Waals surface area contributed by atoms with Crippen LogP contribution in [0.4, 0.5) is 16.3 Å². The van der Waals surface area contributed by atoms with E-state index in [-0.39, 0.29) is 24.9 Å². The number of nitrogens with one attached hydrogen (secondary N) is 2. The molecule has 344 valence electrons. The van der Waals surface area contributed by atoms with Gasteiger partial charge in [0.15, 0.2) is 0 Å². The lowest BCUT2D eigenvalue weighted by Crippen LogP contribution is -2.54. The number of piperazine rings is 1. The van der Waals surface area contributed by atoms with E-state index in [0.29, 0.717) is 78.5 Å². The summed E-state index contributed by atoms with van der Waals surface area (Å²) in [6.07, 6.45) is 5.92. The minimum Gasteiger partial charge on any atom is -0.457 e. The number of ether oxygens (including phenoxy) is 1. The number of amides is 7. The topological polar surface area (TPSA) is 196 Å². The number of carbonyl (C=O) groups is 6. The Balaban J connectivity index is 0.673. The lowest BCUT2D eigenvalue weighted by molar-refractivity contribution is -0.136. The van der Waals surface area contributed by atoms with E-state index in [4.69, 9.17) is 15.6 Å². The number of primary amides is 1. The van der Waals surface area contributed by atoms with E-state index >= 15 is 0 Å². The van der Waals surface area contributed by atoms with Crippen LogP contribution in [-0.2, 0) is 9.59 Å². The number of nitrogens with two attached hydrogens (primary N) is 1. The number of nitrogens with zero attached hydrogens (tertiary/aromatic N) is 7. The summed E-state index contributed by atoms with van der Waals surface area (Å²) in [7, 11) is 0. The Kier molecular flexibility index (Phi) is 11.9. The second kappa shape index (κ2) is 18.3. The van der Waals surface area contributed by atoms with Gasteiger partial charge >= 0.3 is 6.03 Å². The van der Waals surface area contributed by atoms with Crippen molar-refractivity contribution in [3.63, 3.8) is 0 Å². The van der Waals surface area contributed by atoms with Crippen LogP contribution in [0.15, 0.2) is 72.8 Å². The molecule has 4 N–H and O–H groups in total. The fourth-order valence-corrected chi connectivity index (χ4v) is 10.8. The molecule has 7 heterocycles. The van der Waals surface area contributed by atoms with Crippen molar-refractivity contribution in [3.05, 3.63) is 89.5 Å². The zero-order valence-electron chi connectivity index (χ0n) is 37.0. The summed E-state index contributed by atoms with van der Waals surface area (Å²) < 4.78 is 7.95. The molecule has 6 aliphatic heterocycles. The van der Waals surface area contributed by atoms with Gasteiger partial charge in [0.05, 0.1) is 17.2 Å². The molecule has 0 bridgehead atoms. The summed E-state index contributed by atoms with van der Waals surface area (Å²) >= 11 is 0. The van der Waals surface area contributed by atoms with Gasteiger partial charge in [-0.25, -0.2) is 9.48 Å². The second-order valence-electron chi connectivity index (χ2n) is 18.4. The molecular weight excluding hydrogens is 841 g/mol. The number of rotatable bonds is 10. The number of urea groups is 1. The predicted octanol–water partition coefficient (Wildman–Crippen LogP) is 4.96. The SMILES string of the molecule is NC(=O)c1c(-c2ccc(Oc3ccccc3)cc2)nn2c1NCC[C@H]2C1CCN(C(=O)N2CCN(CCC3CCN(c4ccc5c(c4)C(=O)N(C4CCC(=O)NC4=O)C5=O)CC3)CC2)CC1. The van der Waals surface area contributed by atoms with Gasteiger partial charge in [-0.1, -0.05) is 18.2 Å². The monoisotopic (exact) mass is 896 g/mol. The molecule has 6 aliphatic rings. The molecule has 0 spiro atoms. The van der Waals surface area contributed by atoms with Crippen LogP contribution in [0.2, 0.25) is 0 Å². The Morgan fingerprint density at radius 2 is 1.44 bits per heavy atom. The summed E-state index contributed by atoms with van der Waals surface area (Å²) in [4.78, 5) is 87.1. The van der Waals surface area contributed by atoms with E-state index in [2.05, 4.69) is 20.4 Å². The third-order valence-corrected chi connectivity index (χ3v) is 14.6. The van der Waals surface area contributed by atoms with Crippen LogP contribution in [0.1, 0.15) is 88.5 Å². The number of carbonyl (C=O) groups excluding carboxylic acids is 6. The number of imide groups is 2. The molecule has 4 saturated heterocycles. The molecule has 1 aromatic heterocycles. The van der Waals surface area contributed by atoms with Crippen molar-refractivity contribution in [1.82, 2.24) is 34.7 Å². The molecule has 7 amide bonds. The molecule has 2 atom stereocenters. The number of hydrogen-bond donors (Lipinski definition) is 3. The zero-order chi connectivity index (χ0) is 45.5. The van der Waals surface area contributed by atoms with Crippen molar-refractivity contribution in [1.29, 1.82) is 0 Å². The number of piperidine rings is 3. The summed E-state index contributed by atoms with van der Waals surface area (Å²) in [6, 6.07) is 21.7. The standard InChI is InChI=1S/C49H56N10O7/c50-44(61)42-43(33-6-9-36(10-7-33)66-35-4-2-1-3-5-35)53-59-39(14-20-51-45(42)59)32-18-24-56(25-19-32)49(65)57-28-26-54(27-29-57)21-15-31-16-22-55(23-17-31)34-8-11-37-38(30-34)48(64)58(47(37)63)40-12-13-41(60)52-46(40)62/h1-11,30-32,39-40,51H,12-29H2,(H2,50,61)(H,52,60,62)/t39-,40?/m0/s1. The number of anilines is 2. The predicted molar refractivity (Wildman–Crippen MR) is 245 cm³/mol. The van der Waals surface area contributed by atoms with Gasteiger partial charge in [0.25, 0.3) is 17.7 Å². The van der Waals surface area contributed by atoms with E-state index in [1.165, 1.54) is 0 Å². The number of benzene rings is 3. The minimum atomic E-state index is -0.977. The van der Waals surface area contributed by atoms with Gasteiger partial charge in [-0.3, -0.25) is 39.1 Å². The number of aromatic nitrogens is 2. The van der Waals surface area contributed by atoms with E-state index in [1.807, 2.05) is 75.1 Å². The van der Waals surface area contributed by atoms with Crippen molar-refractivity contribution in [3.8, 4) is 22.8 Å². The van der Waals surface area contributed by atoms with Gasteiger partial charge in [0.2, 0.25) is 11.8 Å². The summed E-state index contributed by atoms with van der Waals surface area (Å²) in [5.74, 6) is 0.449. The fourth-order valence-electron chi connectivity index (χ4n) is 10.8.